The van der Waals surface area contributed by atoms with Crippen LogP contribution in [-0.2, 0) is 26.1 Å². The average molecular weight is 454 g/mol. The number of fused-ring (bicyclic) bond motifs is 1. The standard InChI is InChI=1S/C16H24N2O4S.C2HF3O2/c19-23(20,14-1-2-14)18-8-10-22-16-4-7-17(6-3-15(16)18)11-13-5-9-21-12-13;3-2(4,5)1(6)7/h5,9,12,14-16H,1-4,6-8,10-11H2;(H,6,7). The van der Waals surface area contributed by atoms with Crippen molar-refractivity contribution in [2.45, 2.75) is 55.8 Å². The SMILES string of the molecule is O=C(O)C(F)(F)F.O=S(=O)(C1CC1)N1CCOC2CCN(Cc3ccoc3)CCC21. The van der Waals surface area contributed by atoms with E-state index in [0.717, 1.165) is 45.3 Å². The Morgan fingerprint density at radius 3 is 2.40 bits per heavy atom. The molecule has 0 amide bonds. The summed E-state index contributed by atoms with van der Waals surface area (Å²) in [6.07, 6.45) is 1.80. The summed E-state index contributed by atoms with van der Waals surface area (Å²) < 4.78 is 70.0. The normalized spacial score (nSPS) is 26.2. The Labute approximate surface area is 172 Å². The molecule has 2 saturated heterocycles. The van der Waals surface area contributed by atoms with E-state index in [9.17, 15) is 21.6 Å². The summed E-state index contributed by atoms with van der Waals surface area (Å²) in [5.74, 6) is -2.76. The molecule has 0 radical (unpaired) electrons. The maximum atomic E-state index is 12.7. The van der Waals surface area contributed by atoms with E-state index in [0.29, 0.717) is 13.2 Å². The minimum Gasteiger partial charge on any atom is -0.475 e. The van der Waals surface area contributed by atoms with E-state index in [4.69, 9.17) is 19.1 Å². The molecule has 1 saturated carbocycles. The van der Waals surface area contributed by atoms with Crippen molar-refractivity contribution in [3.8, 4) is 0 Å². The molecule has 170 valence electrons. The second kappa shape index (κ2) is 9.25. The molecule has 4 rings (SSSR count). The van der Waals surface area contributed by atoms with Gasteiger partial charge < -0.3 is 14.3 Å². The van der Waals surface area contributed by atoms with E-state index in [2.05, 4.69) is 4.90 Å². The van der Waals surface area contributed by atoms with E-state index < -0.39 is 22.2 Å². The molecule has 0 bridgehead atoms. The van der Waals surface area contributed by atoms with Crippen LogP contribution in [0.3, 0.4) is 0 Å². The number of rotatable bonds is 4. The third-order valence-corrected chi connectivity index (χ3v) is 7.84. The quantitative estimate of drug-likeness (QED) is 0.743. The zero-order valence-electron chi connectivity index (χ0n) is 16.3. The molecule has 8 nitrogen and oxygen atoms in total. The first-order chi connectivity index (χ1) is 14.1. The number of morpholine rings is 1. The minimum absolute atomic E-state index is 0.00343. The van der Waals surface area contributed by atoms with Gasteiger partial charge in [0.15, 0.2) is 0 Å². The summed E-state index contributed by atoms with van der Waals surface area (Å²) in [4.78, 5) is 11.3. The van der Waals surface area contributed by atoms with Crippen molar-refractivity contribution >= 4 is 16.0 Å². The van der Waals surface area contributed by atoms with Crippen LogP contribution in [0.1, 0.15) is 31.2 Å². The predicted molar refractivity (Wildman–Crippen MR) is 99.1 cm³/mol. The highest BCUT2D eigenvalue weighted by atomic mass is 32.2. The molecule has 30 heavy (non-hydrogen) atoms. The molecule has 2 aliphatic heterocycles. The molecule has 1 aliphatic carbocycles. The lowest BCUT2D eigenvalue weighted by atomic mass is 10.0. The molecule has 2 unspecified atom stereocenters. The molecule has 1 N–H and O–H groups in total. The van der Waals surface area contributed by atoms with Gasteiger partial charge in [-0.05, 0) is 31.7 Å². The molecule has 3 aliphatic rings. The number of sulfonamides is 1. The van der Waals surface area contributed by atoms with Crippen molar-refractivity contribution in [2.24, 2.45) is 0 Å². The van der Waals surface area contributed by atoms with E-state index in [1.54, 1.807) is 16.8 Å². The monoisotopic (exact) mass is 454 g/mol. The second-order valence-electron chi connectivity index (χ2n) is 7.62. The summed E-state index contributed by atoms with van der Waals surface area (Å²) in [5.41, 5.74) is 1.17. The number of likely N-dealkylation sites (tertiary alicyclic amines) is 1. The van der Waals surface area contributed by atoms with Gasteiger partial charge in [-0.15, -0.1) is 0 Å². The van der Waals surface area contributed by atoms with Gasteiger partial charge in [0.25, 0.3) is 0 Å². The van der Waals surface area contributed by atoms with Crippen LogP contribution in [-0.4, -0.2) is 78.5 Å². The third-order valence-electron chi connectivity index (χ3n) is 5.41. The fourth-order valence-electron chi connectivity index (χ4n) is 3.77. The average Bonchev–Trinajstić information content (AvgIpc) is 3.45. The highest BCUT2D eigenvalue weighted by molar-refractivity contribution is 7.90. The number of carboxylic acids is 1. The van der Waals surface area contributed by atoms with Gasteiger partial charge in [0.2, 0.25) is 10.0 Å². The lowest BCUT2D eigenvalue weighted by Gasteiger charge is -2.39. The van der Waals surface area contributed by atoms with Crippen LogP contribution in [0.15, 0.2) is 23.0 Å². The molecule has 0 spiro atoms. The van der Waals surface area contributed by atoms with Crippen LogP contribution < -0.4 is 0 Å². The molecule has 2 atom stereocenters. The summed E-state index contributed by atoms with van der Waals surface area (Å²) in [5, 5.41) is 6.99. The van der Waals surface area contributed by atoms with Crippen molar-refractivity contribution in [1.82, 2.24) is 9.21 Å². The molecule has 1 aromatic rings. The Morgan fingerprint density at radius 2 is 1.83 bits per heavy atom. The summed E-state index contributed by atoms with van der Waals surface area (Å²) in [6, 6.07) is 1.99. The largest absolute Gasteiger partial charge is 0.490 e. The number of carbonyl (C=O) groups is 1. The molecule has 3 heterocycles. The summed E-state index contributed by atoms with van der Waals surface area (Å²) in [6.45, 7) is 3.72. The van der Waals surface area contributed by atoms with Crippen molar-refractivity contribution in [1.29, 1.82) is 0 Å². The van der Waals surface area contributed by atoms with Gasteiger partial charge in [-0.1, -0.05) is 0 Å². The Balaban J connectivity index is 0.000000318. The van der Waals surface area contributed by atoms with Crippen LogP contribution in [0.4, 0.5) is 13.2 Å². The van der Waals surface area contributed by atoms with Crippen molar-refractivity contribution in [3.05, 3.63) is 24.2 Å². The molecule has 0 aromatic carbocycles. The Morgan fingerprint density at radius 1 is 1.17 bits per heavy atom. The fourth-order valence-corrected chi connectivity index (χ4v) is 5.83. The van der Waals surface area contributed by atoms with Crippen molar-refractivity contribution in [3.63, 3.8) is 0 Å². The number of ether oxygens (including phenoxy) is 1. The first-order valence-corrected chi connectivity index (χ1v) is 11.2. The number of furan rings is 1. The molecule has 3 fully saturated rings. The maximum absolute atomic E-state index is 12.7. The Kier molecular flexibility index (Phi) is 7.10. The fraction of sp³-hybridized carbons (Fsp3) is 0.722. The van der Waals surface area contributed by atoms with Gasteiger partial charge in [0.05, 0.1) is 36.5 Å². The summed E-state index contributed by atoms with van der Waals surface area (Å²) in [7, 11) is -3.12. The smallest absolute Gasteiger partial charge is 0.475 e. The number of hydrogen-bond acceptors (Lipinski definition) is 6. The Bertz CT molecular complexity index is 810. The van der Waals surface area contributed by atoms with Crippen molar-refractivity contribution in [2.75, 3.05) is 26.2 Å². The highest BCUT2D eigenvalue weighted by Gasteiger charge is 2.46. The van der Waals surface area contributed by atoms with E-state index in [1.807, 2.05) is 6.07 Å². The Hall–Kier alpha value is -1.63. The van der Waals surface area contributed by atoms with E-state index in [-0.39, 0.29) is 17.4 Å². The lowest BCUT2D eigenvalue weighted by molar-refractivity contribution is -0.192. The van der Waals surface area contributed by atoms with Crippen LogP contribution in [0.5, 0.6) is 0 Å². The lowest BCUT2D eigenvalue weighted by Crippen LogP contribution is -2.54. The summed E-state index contributed by atoms with van der Waals surface area (Å²) >= 11 is 0. The van der Waals surface area contributed by atoms with Crippen LogP contribution in [0.25, 0.3) is 0 Å². The zero-order chi connectivity index (χ0) is 21.9. The number of nitrogens with zero attached hydrogens (tertiary/aromatic N) is 2. The van der Waals surface area contributed by atoms with Crippen LogP contribution in [0, 0.1) is 0 Å². The molecular formula is C18H25F3N2O6S. The van der Waals surface area contributed by atoms with Crippen molar-refractivity contribution < 1.29 is 40.6 Å². The van der Waals surface area contributed by atoms with E-state index >= 15 is 0 Å². The van der Waals surface area contributed by atoms with Gasteiger partial charge in [0, 0.05) is 31.7 Å². The van der Waals surface area contributed by atoms with Gasteiger partial charge in [-0.2, -0.15) is 17.5 Å². The number of carboxylic acid groups (broad SMARTS) is 1. The van der Waals surface area contributed by atoms with E-state index in [1.165, 1.54) is 5.56 Å². The predicted octanol–water partition coefficient (Wildman–Crippen LogP) is 2.07. The third kappa shape index (κ3) is 5.74. The molecule has 12 heteroatoms. The van der Waals surface area contributed by atoms with Crippen LogP contribution in [0.2, 0.25) is 0 Å². The minimum atomic E-state index is -5.08. The van der Waals surface area contributed by atoms with Gasteiger partial charge in [0.1, 0.15) is 0 Å². The maximum Gasteiger partial charge on any atom is 0.490 e. The van der Waals surface area contributed by atoms with Gasteiger partial charge in [-0.25, -0.2) is 13.2 Å². The number of hydrogen-bond donors (Lipinski definition) is 1. The topological polar surface area (TPSA) is 100 Å². The molecular weight excluding hydrogens is 429 g/mol. The first-order valence-electron chi connectivity index (χ1n) is 9.75. The number of halogens is 3. The zero-order valence-corrected chi connectivity index (χ0v) is 17.1. The van der Waals surface area contributed by atoms with Crippen LogP contribution >= 0.6 is 0 Å². The first kappa shape index (κ1) is 23.0. The van der Waals surface area contributed by atoms with Gasteiger partial charge >= 0.3 is 12.1 Å². The number of alkyl halides is 3. The number of aliphatic carboxylic acids is 1. The molecule has 1 aromatic heterocycles. The highest BCUT2D eigenvalue weighted by Crippen LogP contribution is 2.35. The van der Waals surface area contributed by atoms with Gasteiger partial charge in [-0.3, -0.25) is 4.90 Å². The second-order valence-corrected chi connectivity index (χ2v) is 9.79.